The van der Waals surface area contributed by atoms with E-state index in [1.165, 1.54) is 0 Å². The van der Waals surface area contributed by atoms with Gasteiger partial charge in [0.05, 0.1) is 5.69 Å². The highest BCUT2D eigenvalue weighted by molar-refractivity contribution is 6.22. The number of aromatic amines is 2. The molecule has 9 nitrogen and oxygen atoms in total. The van der Waals surface area contributed by atoms with E-state index >= 15 is 0 Å². The van der Waals surface area contributed by atoms with E-state index in [0.717, 1.165) is 22.2 Å². The maximum absolute atomic E-state index is 4.78. The van der Waals surface area contributed by atoms with Crippen molar-refractivity contribution in [3.05, 3.63) is 77.2 Å². The maximum atomic E-state index is 4.78. The standard InChI is InChI=1S/C21H11N9/c1-4-10-13(22-7-1)19-25-16(10)28-20-14-11(5-2-8-23-14)18(26-20)30-21-15-12(6-3-9-24-15)17(27-21)29-19/h1-9,22H,(H,25,26,27,28,29,30). The van der Waals surface area contributed by atoms with Crippen molar-refractivity contribution in [2.24, 2.45) is 20.0 Å². The van der Waals surface area contributed by atoms with Gasteiger partial charge in [0.2, 0.25) is 0 Å². The van der Waals surface area contributed by atoms with E-state index in [2.05, 4.69) is 24.9 Å². The van der Waals surface area contributed by atoms with Crippen LogP contribution in [-0.2, 0) is 0 Å². The summed E-state index contributed by atoms with van der Waals surface area (Å²) in [4.78, 5) is 39.2. The molecule has 140 valence electrons. The van der Waals surface area contributed by atoms with Crippen LogP contribution < -0.4 is 11.0 Å². The quantitative estimate of drug-likeness (QED) is 0.422. The van der Waals surface area contributed by atoms with Crippen LogP contribution in [0.25, 0.3) is 22.2 Å². The summed E-state index contributed by atoms with van der Waals surface area (Å²) in [5, 5.41) is 0.851. The molecule has 0 amide bonds. The Bertz CT molecular complexity index is 1650. The number of nitrogens with zero attached hydrogens (tertiary/aromatic N) is 7. The highest BCUT2D eigenvalue weighted by Crippen LogP contribution is 2.38. The van der Waals surface area contributed by atoms with Crippen LogP contribution in [0, 0.1) is 0 Å². The van der Waals surface area contributed by atoms with E-state index in [1.807, 2.05) is 42.6 Å². The molecule has 3 aromatic heterocycles. The normalized spacial score (nSPS) is 14.3. The van der Waals surface area contributed by atoms with Gasteiger partial charge < -0.3 is 9.97 Å². The van der Waals surface area contributed by atoms with Crippen LogP contribution in [-0.4, -0.2) is 36.6 Å². The number of fused-ring (bicyclic) bond motifs is 14. The fourth-order valence-corrected chi connectivity index (χ4v) is 3.84. The van der Waals surface area contributed by atoms with E-state index in [0.29, 0.717) is 45.5 Å². The Morgan fingerprint density at radius 1 is 0.700 bits per heavy atom. The first-order chi connectivity index (χ1) is 14.8. The molecule has 4 aliphatic rings. The molecule has 30 heavy (non-hydrogen) atoms. The third-order valence-electron chi connectivity index (χ3n) is 5.18. The first kappa shape index (κ1) is 15.4. The fourth-order valence-electron chi connectivity index (χ4n) is 3.84. The van der Waals surface area contributed by atoms with Crippen LogP contribution in [0.1, 0.15) is 11.3 Å². The Labute approximate surface area is 168 Å². The SMILES string of the molecule is c1cnc2c(c1)C1=Nc3nc(c4ccc[nH]c3-4)N=c3[nH]c(c4cccnc34)=NC2=N1. The number of hydrogen-bond acceptors (Lipinski definition) is 7. The number of pyridine rings is 3. The summed E-state index contributed by atoms with van der Waals surface area (Å²) in [6, 6.07) is 11.5. The predicted molar refractivity (Wildman–Crippen MR) is 110 cm³/mol. The summed E-state index contributed by atoms with van der Waals surface area (Å²) in [6.45, 7) is 0. The Kier molecular flexibility index (Phi) is 2.83. The van der Waals surface area contributed by atoms with Gasteiger partial charge in [0, 0.05) is 35.1 Å². The molecule has 0 radical (unpaired) electrons. The minimum atomic E-state index is 0.489. The molecule has 0 saturated carbocycles. The Morgan fingerprint density at radius 2 is 1.60 bits per heavy atom. The molecule has 0 unspecified atom stereocenters. The van der Waals surface area contributed by atoms with Crippen molar-refractivity contribution in [2.45, 2.75) is 0 Å². The second kappa shape index (κ2) is 5.51. The van der Waals surface area contributed by atoms with Crippen LogP contribution in [0.5, 0.6) is 0 Å². The van der Waals surface area contributed by atoms with Crippen molar-refractivity contribution in [2.75, 3.05) is 0 Å². The number of rotatable bonds is 0. The number of amidine groups is 2. The summed E-state index contributed by atoms with van der Waals surface area (Å²) in [6.07, 6.45) is 5.30. The zero-order valence-electron chi connectivity index (χ0n) is 15.3. The van der Waals surface area contributed by atoms with Gasteiger partial charge in [0.25, 0.3) is 0 Å². The third kappa shape index (κ3) is 2.03. The van der Waals surface area contributed by atoms with Crippen molar-refractivity contribution in [1.29, 1.82) is 0 Å². The summed E-state index contributed by atoms with van der Waals surface area (Å²) in [5.41, 5.74) is 5.07. The lowest BCUT2D eigenvalue weighted by Gasteiger charge is -1.99. The first-order valence-corrected chi connectivity index (χ1v) is 9.35. The van der Waals surface area contributed by atoms with Gasteiger partial charge in [-0.25, -0.2) is 25.0 Å². The number of aromatic nitrogens is 5. The number of nitrogens with one attached hydrogen (secondary N) is 2. The second-order valence-electron chi connectivity index (χ2n) is 6.93. The molecule has 0 spiro atoms. The van der Waals surface area contributed by atoms with Crippen molar-refractivity contribution in [1.82, 2.24) is 24.9 Å². The van der Waals surface area contributed by atoms with Gasteiger partial charge in [-0.05, 0) is 36.4 Å². The lowest BCUT2D eigenvalue weighted by atomic mass is 10.2. The smallest absolute Gasteiger partial charge is 0.183 e. The van der Waals surface area contributed by atoms with E-state index < -0.39 is 0 Å². The van der Waals surface area contributed by atoms with E-state index in [1.54, 1.807) is 12.4 Å². The third-order valence-corrected chi connectivity index (χ3v) is 5.18. The molecule has 0 atom stereocenters. The Morgan fingerprint density at radius 3 is 2.60 bits per heavy atom. The average Bonchev–Trinajstić information content (AvgIpc) is 3.43. The predicted octanol–water partition coefficient (Wildman–Crippen LogP) is 2.21. The van der Waals surface area contributed by atoms with Crippen LogP contribution in [0.2, 0.25) is 0 Å². The fraction of sp³-hybridized carbons (Fsp3) is 0. The molecule has 7 heterocycles. The Hall–Kier alpha value is -4.53. The summed E-state index contributed by atoms with van der Waals surface area (Å²) in [5.74, 6) is 2.08. The van der Waals surface area contributed by atoms with E-state index in [9.17, 15) is 0 Å². The molecule has 9 heteroatoms. The topological polar surface area (TPSA) is 120 Å². The molecule has 0 aromatic carbocycles. The lowest BCUT2D eigenvalue weighted by Crippen LogP contribution is -2.13. The van der Waals surface area contributed by atoms with Crippen molar-refractivity contribution >= 4 is 34.2 Å². The average molecular weight is 389 g/mol. The number of hydrogen-bond donors (Lipinski definition) is 2. The minimum absolute atomic E-state index is 0.489. The van der Waals surface area contributed by atoms with Crippen molar-refractivity contribution < 1.29 is 0 Å². The first-order valence-electron chi connectivity index (χ1n) is 9.35. The van der Waals surface area contributed by atoms with Crippen molar-refractivity contribution in [3.8, 4) is 11.3 Å². The van der Waals surface area contributed by atoms with Crippen LogP contribution in [0.15, 0.2) is 75.0 Å². The molecule has 6 bridgehead atoms. The summed E-state index contributed by atoms with van der Waals surface area (Å²) < 4.78 is 0. The highest BCUT2D eigenvalue weighted by atomic mass is 15.1. The number of H-pyrrole nitrogens is 2. The van der Waals surface area contributed by atoms with Gasteiger partial charge in [0.15, 0.2) is 28.8 Å². The zero-order valence-corrected chi connectivity index (χ0v) is 15.3. The van der Waals surface area contributed by atoms with Crippen LogP contribution in [0.3, 0.4) is 0 Å². The monoisotopic (exact) mass is 389 g/mol. The maximum Gasteiger partial charge on any atom is 0.183 e. The molecule has 0 fully saturated rings. The molecular formula is C21H11N9. The largest absolute Gasteiger partial charge is 0.358 e. The minimum Gasteiger partial charge on any atom is -0.358 e. The molecule has 2 N–H and O–H groups in total. The molecule has 3 aromatic rings. The molecule has 7 rings (SSSR count). The van der Waals surface area contributed by atoms with Crippen LogP contribution in [0.4, 0.5) is 11.6 Å². The zero-order chi connectivity index (χ0) is 19.7. The van der Waals surface area contributed by atoms with Gasteiger partial charge in [0.1, 0.15) is 16.7 Å². The summed E-state index contributed by atoms with van der Waals surface area (Å²) >= 11 is 0. The van der Waals surface area contributed by atoms with Gasteiger partial charge in [-0.15, -0.1) is 0 Å². The second-order valence-corrected chi connectivity index (χ2v) is 6.93. The Balaban J connectivity index is 1.70. The van der Waals surface area contributed by atoms with Gasteiger partial charge in [-0.3, -0.25) is 9.97 Å². The molecule has 0 aliphatic carbocycles. The molecule has 0 saturated heterocycles. The van der Waals surface area contributed by atoms with Gasteiger partial charge in [-0.2, -0.15) is 0 Å². The molecule has 4 aliphatic heterocycles. The van der Waals surface area contributed by atoms with Gasteiger partial charge in [-0.1, -0.05) is 0 Å². The lowest BCUT2D eigenvalue weighted by molar-refractivity contribution is 1.11. The number of aliphatic imine (C=N–C) groups is 2. The van der Waals surface area contributed by atoms with Gasteiger partial charge >= 0.3 is 0 Å². The van der Waals surface area contributed by atoms with Crippen molar-refractivity contribution in [3.63, 3.8) is 0 Å². The highest BCUT2D eigenvalue weighted by Gasteiger charge is 2.26. The van der Waals surface area contributed by atoms with E-state index in [4.69, 9.17) is 20.0 Å². The summed E-state index contributed by atoms with van der Waals surface area (Å²) in [7, 11) is 0. The van der Waals surface area contributed by atoms with Crippen LogP contribution >= 0.6 is 0 Å². The molecular weight excluding hydrogens is 378 g/mol. The van der Waals surface area contributed by atoms with E-state index in [-0.39, 0.29) is 0 Å².